The molecule has 0 atom stereocenters. The lowest BCUT2D eigenvalue weighted by Crippen LogP contribution is -2.03. The van der Waals surface area contributed by atoms with E-state index in [0.717, 1.165) is 6.07 Å². The first-order valence-electron chi connectivity index (χ1n) is 5.56. The molecule has 2 aromatic rings. The van der Waals surface area contributed by atoms with Gasteiger partial charge >= 0.3 is 0 Å². The first kappa shape index (κ1) is 14.6. The topological polar surface area (TPSA) is 52.3 Å². The van der Waals surface area contributed by atoms with E-state index in [-0.39, 0.29) is 32.6 Å². The lowest BCUT2D eigenvalue weighted by molar-refractivity contribution is 0.103. The molecule has 0 fully saturated rings. The number of carbonyl (C=O) groups excluding carboxylic acids is 1. The van der Waals surface area contributed by atoms with Crippen LogP contribution < -0.4 is 10.5 Å². The molecule has 6 heteroatoms. The molecule has 0 aliphatic heterocycles. The molecule has 2 N–H and O–H groups in total. The molecule has 0 aliphatic carbocycles. The highest BCUT2D eigenvalue weighted by atomic mass is 35.5. The predicted octanol–water partition coefficient (Wildman–Crippen LogP) is 3.95. The minimum Gasteiger partial charge on any atom is -0.494 e. The minimum absolute atomic E-state index is 0.0647. The molecular formula is C14H10Cl2FNO2. The van der Waals surface area contributed by atoms with Crippen LogP contribution in [-0.2, 0) is 0 Å². The molecule has 104 valence electrons. The van der Waals surface area contributed by atoms with Crippen LogP contribution in [0.1, 0.15) is 15.9 Å². The Morgan fingerprint density at radius 3 is 2.25 bits per heavy atom. The van der Waals surface area contributed by atoms with Crippen LogP contribution in [0.4, 0.5) is 10.1 Å². The van der Waals surface area contributed by atoms with E-state index in [2.05, 4.69) is 0 Å². The van der Waals surface area contributed by atoms with E-state index in [9.17, 15) is 9.18 Å². The maximum atomic E-state index is 13.6. The molecule has 0 bridgehead atoms. The van der Waals surface area contributed by atoms with E-state index in [1.807, 2.05) is 0 Å². The number of nitrogens with two attached hydrogens (primary N) is 1. The summed E-state index contributed by atoms with van der Waals surface area (Å²) < 4.78 is 18.4. The van der Waals surface area contributed by atoms with Crippen LogP contribution in [0.3, 0.4) is 0 Å². The molecule has 0 spiro atoms. The monoisotopic (exact) mass is 313 g/mol. The van der Waals surface area contributed by atoms with Gasteiger partial charge in [0.2, 0.25) is 0 Å². The second kappa shape index (κ2) is 5.69. The Morgan fingerprint density at radius 1 is 1.15 bits per heavy atom. The van der Waals surface area contributed by atoms with Gasteiger partial charge in [-0.2, -0.15) is 0 Å². The van der Waals surface area contributed by atoms with E-state index in [1.54, 1.807) is 0 Å². The van der Waals surface area contributed by atoms with Gasteiger partial charge < -0.3 is 10.5 Å². The first-order chi connectivity index (χ1) is 9.43. The van der Waals surface area contributed by atoms with Gasteiger partial charge in [-0.1, -0.05) is 23.2 Å². The summed E-state index contributed by atoms with van der Waals surface area (Å²) in [6, 6.07) is 6.73. The number of methoxy groups -OCH3 is 1. The van der Waals surface area contributed by atoms with E-state index in [4.69, 9.17) is 33.7 Å². The maximum Gasteiger partial charge on any atom is 0.193 e. The summed E-state index contributed by atoms with van der Waals surface area (Å²) in [7, 11) is 1.35. The number of benzene rings is 2. The highest BCUT2D eigenvalue weighted by Crippen LogP contribution is 2.30. The highest BCUT2D eigenvalue weighted by Gasteiger charge is 2.15. The average Bonchev–Trinajstić information content (AvgIpc) is 2.43. The number of anilines is 1. The lowest BCUT2D eigenvalue weighted by atomic mass is 10.0. The van der Waals surface area contributed by atoms with Crippen molar-refractivity contribution in [2.24, 2.45) is 0 Å². The molecule has 0 heterocycles. The predicted molar refractivity (Wildman–Crippen MR) is 77.3 cm³/mol. The Bertz CT molecular complexity index is 666. The third kappa shape index (κ3) is 2.71. The largest absolute Gasteiger partial charge is 0.494 e. The Kier molecular flexibility index (Phi) is 4.16. The summed E-state index contributed by atoms with van der Waals surface area (Å²) in [6.07, 6.45) is 0. The third-order valence-electron chi connectivity index (χ3n) is 2.76. The zero-order chi connectivity index (χ0) is 14.9. The number of ether oxygens (including phenoxy) is 1. The van der Waals surface area contributed by atoms with Gasteiger partial charge in [0.15, 0.2) is 17.3 Å². The summed E-state index contributed by atoms with van der Waals surface area (Å²) in [4.78, 5) is 12.2. The third-order valence-corrected chi connectivity index (χ3v) is 3.38. The van der Waals surface area contributed by atoms with Gasteiger partial charge in [0, 0.05) is 11.1 Å². The van der Waals surface area contributed by atoms with E-state index in [0.29, 0.717) is 0 Å². The molecule has 0 amide bonds. The normalized spacial score (nSPS) is 10.4. The van der Waals surface area contributed by atoms with Crippen molar-refractivity contribution in [2.75, 3.05) is 12.8 Å². The molecule has 0 aliphatic rings. The van der Waals surface area contributed by atoms with Gasteiger partial charge in [-0.25, -0.2) is 4.39 Å². The van der Waals surface area contributed by atoms with Crippen molar-refractivity contribution in [2.45, 2.75) is 0 Å². The average molecular weight is 314 g/mol. The fourth-order valence-corrected chi connectivity index (χ4v) is 2.18. The molecule has 2 rings (SSSR count). The molecule has 20 heavy (non-hydrogen) atoms. The van der Waals surface area contributed by atoms with Crippen molar-refractivity contribution in [1.82, 2.24) is 0 Å². The fraction of sp³-hybridized carbons (Fsp3) is 0.0714. The number of carbonyl (C=O) groups is 1. The number of ketones is 1. The summed E-state index contributed by atoms with van der Waals surface area (Å²) in [5, 5.41) is 0.352. The van der Waals surface area contributed by atoms with Crippen molar-refractivity contribution in [3.8, 4) is 5.75 Å². The van der Waals surface area contributed by atoms with Gasteiger partial charge in [0.05, 0.1) is 22.8 Å². The summed E-state index contributed by atoms with van der Waals surface area (Å²) in [5.74, 6) is -0.962. The van der Waals surface area contributed by atoms with Crippen LogP contribution in [0, 0.1) is 5.82 Å². The van der Waals surface area contributed by atoms with Crippen molar-refractivity contribution in [3.63, 3.8) is 0 Å². The number of halogens is 3. The number of nitrogen functional groups attached to an aromatic ring is 1. The Balaban J connectivity index is 2.44. The van der Waals surface area contributed by atoms with Gasteiger partial charge in [-0.15, -0.1) is 0 Å². The van der Waals surface area contributed by atoms with Crippen molar-refractivity contribution < 1.29 is 13.9 Å². The SMILES string of the molecule is COc1ccc(C(=O)c2cc(Cl)c(N)c(Cl)c2)cc1F. The molecule has 2 aromatic carbocycles. The van der Waals surface area contributed by atoms with Crippen LogP contribution >= 0.6 is 23.2 Å². The molecule has 0 saturated carbocycles. The van der Waals surface area contributed by atoms with Crippen molar-refractivity contribution in [3.05, 3.63) is 57.3 Å². The van der Waals surface area contributed by atoms with Gasteiger partial charge in [-0.05, 0) is 30.3 Å². The molecule has 3 nitrogen and oxygen atoms in total. The van der Waals surface area contributed by atoms with Crippen molar-refractivity contribution >= 4 is 34.7 Å². The summed E-state index contributed by atoms with van der Waals surface area (Å²) >= 11 is 11.7. The number of hydrogen-bond acceptors (Lipinski definition) is 3. The van der Waals surface area contributed by atoms with Gasteiger partial charge in [-0.3, -0.25) is 4.79 Å². The molecular weight excluding hydrogens is 304 g/mol. The van der Waals surface area contributed by atoms with Crippen LogP contribution in [0.2, 0.25) is 10.0 Å². The van der Waals surface area contributed by atoms with Crippen LogP contribution in [-0.4, -0.2) is 12.9 Å². The molecule has 0 unspecified atom stereocenters. The van der Waals surface area contributed by atoms with Crippen LogP contribution in [0.15, 0.2) is 30.3 Å². The maximum absolute atomic E-state index is 13.6. The molecule has 0 aromatic heterocycles. The fourth-order valence-electron chi connectivity index (χ4n) is 1.69. The lowest BCUT2D eigenvalue weighted by Gasteiger charge is -2.07. The van der Waals surface area contributed by atoms with Gasteiger partial charge in [0.1, 0.15) is 0 Å². The second-order valence-electron chi connectivity index (χ2n) is 4.03. The zero-order valence-corrected chi connectivity index (χ0v) is 11.9. The Hall–Kier alpha value is -1.78. The Morgan fingerprint density at radius 2 is 1.75 bits per heavy atom. The second-order valence-corrected chi connectivity index (χ2v) is 4.85. The van der Waals surface area contributed by atoms with E-state index in [1.165, 1.54) is 31.4 Å². The van der Waals surface area contributed by atoms with Gasteiger partial charge in [0.25, 0.3) is 0 Å². The number of hydrogen-bond donors (Lipinski definition) is 1. The Labute approximate surface area is 125 Å². The first-order valence-corrected chi connectivity index (χ1v) is 6.32. The molecule has 0 radical (unpaired) electrons. The smallest absolute Gasteiger partial charge is 0.193 e. The highest BCUT2D eigenvalue weighted by molar-refractivity contribution is 6.39. The quantitative estimate of drug-likeness (QED) is 0.689. The summed E-state index contributed by atoms with van der Waals surface area (Å²) in [6.45, 7) is 0. The zero-order valence-electron chi connectivity index (χ0n) is 10.4. The van der Waals surface area contributed by atoms with E-state index >= 15 is 0 Å². The van der Waals surface area contributed by atoms with Crippen LogP contribution in [0.5, 0.6) is 5.75 Å². The standard InChI is InChI=1S/C14H10Cl2FNO2/c1-20-12-3-2-7(6-11(12)17)14(19)8-4-9(15)13(18)10(16)5-8/h2-6H,18H2,1H3. The molecule has 0 saturated heterocycles. The van der Waals surface area contributed by atoms with E-state index < -0.39 is 11.6 Å². The van der Waals surface area contributed by atoms with Crippen LogP contribution in [0.25, 0.3) is 0 Å². The number of rotatable bonds is 3. The summed E-state index contributed by atoms with van der Waals surface area (Å²) in [5.41, 5.74) is 6.20. The minimum atomic E-state index is -0.619. The van der Waals surface area contributed by atoms with Crippen molar-refractivity contribution in [1.29, 1.82) is 0 Å².